The summed E-state index contributed by atoms with van der Waals surface area (Å²) in [5.74, 6) is 1.04. The van der Waals surface area contributed by atoms with Gasteiger partial charge in [0.15, 0.2) is 0 Å². The van der Waals surface area contributed by atoms with Crippen LogP contribution in [0, 0.1) is 5.92 Å². The predicted octanol–water partition coefficient (Wildman–Crippen LogP) is 1.12. The van der Waals surface area contributed by atoms with E-state index in [1.54, 1.807) is 41.6 Å². The van der Waals surface area contributed by atoms with Crippen LogP contribution in [0.3, 0.4) is 0 Å². The van der Waals surface area contributed by atoms with Crippen LogP contribution in [-0.2, 0) is 0 Å². The van der Waals surface area contributed by atoms with Gasteiger partial charge < -0.3 is 11.1 Å². The number of nitrogens with two attached hydrogens (primary N) is 1. The normalized spacial score (nSPS) is 17.2. The summed E-state index contributed by atoms with van der Waals surface area (Å²) < 4.78 is 1.76. The molecule has 3 rings (SSSR count). The van der Waals surface area contributed by atoms with Crippen molar-refractivity contribution in [3.63, 3.8) is 0 Å². The average molecular weight is 285 g/mol. The molecule has 21 heavy (non-hydrogen) atoms. The number of imidazole rings is 1. The minimum absolute atomic E-state index is 0.112. The molecule has 2 aromatic rings. The lowest BCUT2D eigenvalue weighted by Gasteiger charge is -2.29. The van der Waals surface area contributed by atoms with Crippen LogP contribution >= 0.6 is 0 Å². The number of amides is 1. The lowest BCUT2D eigenvalue weighted by Crippen LogP contribution is -2.53. The van der Waals surface area contributed by atoms with Gasteiger partial charge >= 0.3 is 0 Å². The van der Waals surface area contributed by atoms with Gasteiger partial charge in [0.25, 0.3) is 5.91 Å². The molecule has 0 radical (unpaired) electrons. The number of hydrogen-bond donors (Lipinski definition) is 2. The van der Waals surface area contributed by atoms with Crippen LogP contribution in [0.1, 0.15) is 30.1 Å². The molecule has 0 spiro atoms. The predicted molar refractivity (Wildman–Crippen MR) is 79.0 cm³/mol. The number of hydrogen-bond acceptors (Lipinski definition) is 4. The number of rotatable bonds is 5. The van der Waals surface area contributed by atoms with E-state index >= 15 is 0 Å². The van der Waals surface area contributed by atoms with Crippen LogP contribution in [0.25, 0.3) is 5.82 Å². The van der Waals surface area contributed by atoms with Gasteiger partial charge in [0.2, 0.25) is 0 Å². The van der Waals surface area contributed by atoms with Crippen molar-refractivity contribution in [1.82, 2.24) is 19.9 Å². The SMILES string of the molecule is CC(CN)(NC(=O)c1ccnc(-n2ccnc2)c1)C1CC1. The van der Waals surface area contributed by atoms with Gasteiger partial charge in [0.1, 0.15) is 12.1 Å². The van der Waals surface area contributed by atoms with Crippen LogP contribution in [0.15, 0.2) is 37.1 Å². The lowest BCUT2D eigenvalue weighted by molar-refractivity contribution is 0.0897. The van der Waals surface area contributed by atoms with Gasteiger partial charge in [0.05, 0.1) is 5.54 Å². The first-order valence-electron chi connectivity index (χ1n) is 7.09. The maximum Gasteiger partial charge on any atom is 0.251 e. The minimum atomic E-state index is -0.324. The molecule has 1 unspecified atom stereocenters. The summed E-state index contributed by atoms with van der Waals surface area (Å²) in [5.41, 5.74) is 6.10. The van der Waals surface area contributed by atoms with E-state index < -0.39 is 0 Å². The topological polar surface area (TPSA) is 85.8 Å². The second-order valence-corrected chi connectivity index (χ2v) is 5.72. The molecule has 0 aromatic carbocycles. The van der Waals surface area contributed by atoms with E-state index in [1.807, 2.05) is 6.92 Å². The number of pyridine rings is 1. The molecule has 0 saturated heterocycles. The molecule has 2 aromatic heterocycles. The zero-order valence-electron chi connectivity index (χ0n) is 12.0. The minimum Gasteiger partial charge on any atom is -0.345 e. The molecule has 6 heteroatoms. The number of aromatic nitrogens is 3. The van der Waals surface area contributed by atoms with E-state index in [1.165, 1.54) is 0 Å². The summed E-state index contributed by atoms with van der Waals surface area (Å²) >= 11 is 0. The average Bonchev–Trinajstić information content (AvgIpc) is 3.23. The molecule has 1 amide bonds. The number of nitrogens with zero attached hydrogens (tertiary/aromatic N) is 3. The highest BCUT2D eigenvalue weighted by Gasteiger charge is 2.41. The van der Waals surface area contributed by atoms with Crippen molar-refractivity contribution in [2.45, 2.75) is 25.3 Å². The maximum atomic E-state index is 12.5. The first kappa shape index (κ1) is 13.8. The molecule has 1 atom stereocenters. The molecule has 1 saturated carbocycles. The van der Waals surface area contributed by atoms with Crippen LogP contribution < -0.4 is 11.1 Å². The Balaban J connectivity index is 1.80. The fraction of sp³-hybridized carbons (Fsp3) is 0.400. The summed E-state index contributed by atoms with van der Waals surface area (Å²) in [6, 6.07) is 3.46. The summed E-state index contributed by atoms with van der Waals surface area (Å²) in [7, 11) is 0. The van der Waals surface area contributed by atoms with E-state index in [0.29, 0.717) is 23.8 Å². The van der Waals surface area contributed by atoms with Crippen molar-refractivity contribution in [3.05, 3.63) is 42.6 Å². The van der Waals surface area contributed by atoms with Gasteiger partial charge in [-0.3, -0.25) is 9.36 Å². The Bertz CT molecular complexity index is 635. The van der Waals surface area contributed by atoms with Gasteiger partial charge in [-0.1, -0.05) is 0 Å². The molecule has 110 valence electrons. The Kier molecular flexibility index (Phi) is 3.47. The van der Waals surface area contributed by atoms with Crippen LogP contribution in [0.5, 0.6) is 0 Å². The fourth-order valence-corrected chi connectivity index (χ4v) is 2.47. The smallest absolute Gasteiger partial charge is 0.251 e. The fourth-order valence-electron chi connectivity index (χ4n) is 2.47. The van der Waals surface area contributed by atoms with Crippen molar-refractivity contribution in [3.8, 4) is 5.82 Å². The highest BCUT2D eigenvalue weighted by Crippen LogP contribution is 2.39. The molecular formula is C15H19N5O. The van der Waals surface area contributed by atoms with Gasteiger partial charge in [-0.2, -0.15) is 0 Å². The quantitative estimate of drug-likeness (QED) is 0.862. The number of carbonyl (C=O) groups excluding carboxylic acids is 1. The third kappa shape index (κ3) is 2.80. The van der Waals surface area contributed by atoms with E-state index in [9.17, 15) is 4.79 Å². The van der Waals surface area contributed by atoms with E-state index in [-0.39, 0.29) is 11.4 Å². The Labute approximate surface area is 123 Å². The van der Waals surface area contributed by atoms with E-state index in [4.69, 9.17) is 5.73 Å². The monoisotopic (exact) mass is 285 g/mol. The number of carbonyl (C=O) groups is 1. The number of nitrogens with one attached hydrogen (secondary N) is 1. The lowest BCUT2D eigenvalue weighted by atomic mass is 9.95. The zero-order chi connectivity index (χ0) is 14.9. The zero-order valence-corrected chi connectivity index (χ0v) is 12.0. The Morgan fingerprint density at radius 2 is 2.33 bits per heavy atom. The highest BCUT2D eigenvalue weighted by molar-refractivity contribution is 5.95. The van der Waals surface area contributed by atoms with Crippen molar-refractivity contribution >= 4 is 5.91 Å². The van der Waals surface area contributed by atoms with Crippen LogP contribution in [0.4, 0.5) is 0 Å². The second kappa shape index (κ2) is 5.29. The Morgan fingerprint density at radius 3 is 2.95 bits per heavy atom. The summed E-state index contributed by atoms with van der Waals surface area (Å²) in [4.78, 5) is 20.7. The van der Waals surface area contributed by atoms with Crippen LogP contribution in [-0.4, -0.2) is 32.5 Å². The summed E-state index contributed by atoms with van der Waals surface area (Å²) in [6.07, 6.45) is 9.00. The molecule has 3 N–H and O–H groups in total. The van der Waals surface area contributed by atoms with Crippen molar-refractivity contribution in [2.75, 3.05) is 6.54 Å². The van der Waals surface area contributed by atoms with Crippen molar-refractivity contribution in [1.29, 1.82) is 0 Å². The molecule has 0 bridgehead atoms. The Morgan fingerprint density at radius 1 is 1.52 bits per heavy atom. The maximum absolute atomic E-state index is 12.5. The molecular weight excluding hydrogens is 266 g/mol. The van der Waals surface area contributed by atoms with Gasteiger partial charge in [0, 0.05) is 30.7 Å². The largest absolute Gasteiger partial charge is 0.345 e. The standard InChI is InChI=1S/C15H19N5O/c1-15(9-16,12-2-3-12)19-14(21)11-4-5-18-13(8-11)20-7-6-17-10-20/h4-8,10,12H,2-3,9,16H2,1H3,(H,19,21). The molecule has 6 nitrogen and oxygen atoms in total. The molecule has 1 aliphatic rings. The van der Waals surface area contributed by atoms with Gasteiger partial charge in [-0.15, -0.1) is 0 Å². The molecule has 1 fully saturated rings. The first-order valence-corrected chi connectivity index (χ1v) is 7.09. The van der Waals surface area contributed by atoms with Gasteiger partial charge in [-0.05, 0) is 37.8 Å². The van der Waals surface area contributed by atoms with Crippen LogP contribution in [0.2, 0.25) is 0 Å². The van der Waals surface area contributed by atoms with E-state index in [0.717, 1.165) is 12.8 Å². The summed E-state index contributed by atoms with van der Waals surface area (Å²) in [5, 5.41) is 3.08. The van der Waals surface area contributed by atoms with Gasteiger partial charge in [-0.25, -0.2) is 9.97 Å². The molecule has 0 aliphatic heterocycles. The summed E-state index contributed by atoms with van der Waals surface area (Å²) in [6.45, 7) is 2.46. The first-order chi connectivity index (χ1) is 10.1. The van der Waals surface area contributed by atoms with Crippen molar-refractivity contribution < 1.29 is 4.79 Å². The third-order valence-electron chi connectivity index (χ3n) is 4.08. The second-order valence-electron chi connectivity index (χ2n) is 5.72. The molecule has 1 aliphatic carbocycles. The van der Waals surface area contributed by atoms with Crippen molar-refractivity contribution in [2.24, 2.45) is 11.7 Å². The molecule has 2 heterocycles. The van der Waals surface area contributed by atoms with E-state index in [2.05, 4.69) is 15.3 Å². The third-order valence-corrected chi connectivity index (χ3v) is 4.08. The Hall–Kier alpha value is -2.21. The highest BCUT2D eigenvalue weighted by atomic mass is 16.1.